The van der Waals surface area contributed by atoms with Crippen LogP contribution in [-0.4, -0.2) is 60.3 Å². The van der Waals surface area contributed by atoms with Crippen LogP contribution in [0.5, 0.6) is 0 Å². The Morgan fingerprint density at radius 1 is 1.28 bits per heavy atom. The summed E-state index contributed by atoms with van der Waals surface area (Å²) in [7, 11) is 2.21. The van der Waals surface area contributed by atoms with Crippen molar-refractivity contribution in [3.8, 4) is 0 Å². The van der Waals surface area contributed by atoms with E-state index in [0.29, 0.717) is 6.04 Å². The molecule has 1 saturated heterocycles. The summed E-state index contributed by atoms with van der Waals surface area (Å²) in [4.78, 5) is 4.97. The molecule has 0 spiro atoms. The lowest BCUT2D eigenvalue weighted by Crippen LogP contribution is -2.44. The maximum Gasteiger partial charge on any atom is 0.0600 e. The Hall–Kier alpha value is -0.120. The molecule has 108 valence electrons. The van der Waals surface area contributed by atoms with Crippen LogP contribution in [-0.2, 0) is 0 Å². The second kappa shape index (κ2) is 6.88. The molecule has 1 atom stereocenters. The Morgan fingerprint density at radius 3 is 2.28 bits per heavy atom. The summed E-state index contributed by atoms with van der Waals surface area (Å²) in [5, 5.41) is 10.1. The zero-order valence-corrected chi connectivity index (χ0v) is 12.9. The highest BCUT2D eigenvalue weighted by Gasteiger charge is 2.25. The average Bonchev–Trinajstić information content (AvgIpc) is 2.34. The van der Waals surface area contributed by atoms with Crippen molar-refractivity contribution in [2.45, 2.75) is 59.1 Å². The number of aliphatic hydroxyl groups is 1. The van der Waals surface area contributed by atoms with Gasteiger partial charge in [0.1, 0.15) is 0 Å². The first-order valence-corrected chi connectivity index (χ1v) is 7.45. The van der Waals surface area contributed by atoms with Gasteiger partial charge in [0.2, 0.25) is 0 Å². The average molecular weight is 256 g/mol. The molecular weight excluding hydrogens is 224 g/mol. The van der Waals surface area contributed by atoms with Gasteiger partial charge in [-0.05, 0) is 51.4 Å². The fourth-order valence-electron chi connectivity index (χ4n) is 2.62. The molecule has 1 aliphatic rings. The van der Waals surface area contributed by atoms with Crippen LogP contribution in [0.4, 0.5) is 0 Å². The van der Waals surface area contributed by atoms with Gasteiger partial charge < -0.3 is 14.9 Å². The Bertz CT molecular complexity index is 229. The van der Waals surface area contributed by atoms with Gasteiger partial charge in [0.05, 0.1) is 6.10 Å². The van der Waals surface area contributed by atoms with Gasteiger partial charge in [0.15, 0.2) is 0 Å². The highest BCUT2D eigenvalue weighted by molar-refractivity contribution is 4.80. The maximum absolute atomic E-state index is 10.1. The van der Waals surface area contributed by atoms with Crippen molar-refractivity contribution in [3.63, 3.8) is 0 Å². The molecule has 0 saturated carbocycles. The molecule has 1 fully saturated rings. The normalized spacial score (nSPS) is 21.5. The number of hydrogen-bond acceptors (Lipinski definition) is 3. The number of rotatable bonds is 5. The summed E-state index contributed by atoms with van der Waals surface area (Å²) in [5.41, 5.74) is 0.00636. The van der Waals surface area contributed by atoms with E-state index >= 15 is 0 Å². The predicted octanol–water partition coefficient (Wildman–Crippen LogP) is 2.20. The van der Waals surface area contributed by atoms with Crippen molar-refractivity contribution in [2.75, 3.05) is 33.2 Å². The summed E-state index contributed by atoms with van der Waals surface area (Å²) in [6, 6.07) is 0.708. The maximum atomic E-state index is 10.1. The number of piperidine rings is 1. The Balaban J connectivity index is 2.27. The van der Waals surface area contributed by atoms with Gasteiger partial charge >= 0.3 is 0 Å². The van der Waals surface area contributed by atoms with Crippen LogP contribution in [0.15, 0.2) is 0 Å². The lowest BCUT2D eigenvalue weighted by Gasteiger charge is -2.37. The summed E-state index contributed by atoms with van der Waals surface area (Å²) in [5.74, 6) is 0. The summed E-state index contributed by atoms with van der Waals surface area (Å²) >= 11 is 0. The third kappa shape index (κ3) is 4.87. The number of hydrogen-bond donors (Lipinski definition) is 1. The molecule has 3 nitrogen and oxygen atoms in total. The first-order valence-electron chi connectivity index (χ1n) is 7.45. The molecule has 0 radical (unpaired) electrons. The highest BCUT2D eigenvalue weighted by Crippen LogP contribution is 2.22. The van der Waals surface area contributed by atoms with Gasteiger partial charge in [-0.3, -0.25) is 0 Å². The molecule has 1 rings (SSSR count). The summed E-state index contributed by atoms with van der Waals surface area (Å²) in [6.07, 6.45) is 3.23. The number of aliphatic hydroxyl groups excluding tert-OH is 1. The molecule has 18 heavy (non-hydrogen) atoms. The van der Waals surface area contributed by atoms with E-state index in [0.717, 1.165) is 13.0 Å². The zero-order valence-electron chi connectivity index (χ0n) is 12.9. The first-order chi connectivity index (χ1) is 8.34. The SMILES string of the molecule is CCN1CCC(N(C)CCC(O)C(C)(C)C)CC1. The van der Waals surface area contributed by atoms with Crippen molar-refractivity contribution in [1.82, 2.24) is 9.80 Å². The Labute approximate surface area is 113 Å². The van der Waals surface area contributed by atoms with Crippen molar-refractivity contribution in [1.29, 1.82) is 0 Å². The Kier molecular flexibility index (Phi) is 6.09. The zero-order chi connectivity index (χ0) is 13.8. The van der Waals surface area contributed by atoms with Gasteiger partial charge in [-0.1, -0.05) is 27.7 Å². The standard InChI is InChI=1S/C15H32N2O/c1-6-17-11-7-13(8-12-17)16(5)10-9-14(18)15(2,3)4/h13-14,18H,6-12H2,1-5H3. The third-order valence-corrected chi connectivity index (χ3v) is 4.38. The minimum absolute atomic E-state index is 0.00636. The van der Waals surface area contributed by atoms with Crippen molar-refractivity contribution >= 4 is 0 Å². The fraction of sp³-hybridized carbons (Fsp3) is 1.00. The van der Waals surface area contributed by atoms with Gasteiger partial charge in [-0.25, -0.2) is 0 Å². The topological polar surface area (TPSA) is 26.7 Å². The summed E-state index contributed by atoms with van der Waals surface area (Å²) < 4.78 is 0. The number of likely N-dealkylation sites (tertiary alicyclic amines) is 1. The quantitative estimate of drug-likeness (QED) is 0.817. The molecule has 1 heterocycles. The van der Waals surface area contributed by atoms with E-state index in [2.05, 4.69) is 44.5 Å². The van der Waals surface area contributed by atoms with Gasteiger partial charge in [-0.15, -0.1) is 0 Å². The van der Waals surface area contributed by atoms with E-state index in [9.17, 15) is 5.11 Å². The second-order valence-corrected chi connectivity index (χ2v) is 6.82. The Morgan fingerprint density at radius 2 is 1.83 bits per heavy atom. The van der Waals surface area contributed by atoms with Crippen molar-refractivity contribution in [3.05, 3.63) is 0 Å². The third-order valence-electron chi connectivity index (χ3n) is 4.38. The lowest BCUT2D eigenvalue weighted by atomic mass is 9.87. The van der Waals surface area contributed by atoms with E-state index in [-0.39, 0.29) is 11.5 Å². The minimum Gasteiger partial charge on any atom is -0.393 e. The highest BCUT2D eigenvalue weighted by atomic mass is 16.3. The smallest absolute Gasteiger partial charge is 0.0600 e. The van der Waals surface area contributed by atoms with Crippen LogP contribution in [0.2, 0.25) is 0 Å². The van der Waals surface area contributed by atoms with Crippen LogP contribution < -0.4 is 0 Å². The van der Waals surface area contributed by atoms with E-state index < -0.39 is 0 Å². The molecule has 0 aromatic carbocycles. The van der Waals surface area contributed by atoms with Crippen LogP contribution in [0, 0.1) is 5.41 Å². The molecule has 0 aromatic heterocycles. The molecule has 1 N–H and O–H groups in total. The second-order valence-electron chi connectivity index (χ2n) is 6.82. The van der Waals surface area contributed by atoms with Crippen LogP contribution in [0.1, 0.15) is 47.0 Å². The van der Waals surface area contributed by atoms with E-state index in [1.165, 1.54) is 32.5 Å². The van der Waals surface area contributed by atoms with Gasteiger partial charge in [0, 0.05) is 12.6 Å². The monoisotopic (exact) mass is 256 g/mol. The van der Waals surface area contributed by atoms with Crippen molar-refractivity contribution < 1.29 is 5.11 Å². The fourth-order valence-corrected chi connectivity index (χ4v) is 2.62. The molecule has 1 unspecified atom stereocenters. The predicted molar refractivity (Wildman–Crippen MR) is 77.8 cm³/mol. The molecule has 0 bridgehead atoms. The van der Waals surface area contributed by atoms with Gasteiger partial charge in [-0.2, -0.15) is 0 Å². The van der Waals surface area contributed by atoms with E-state index in [1.54, 1.807) is 0 Å². The molecule has 0 aromatic rings. The van der Waals surface area contributed by atoms with Crippen LogP contribution in [0.3, 0.4) is 0 Å². The lowest BCUT2D eigenvalue weighted by molar-refractivity contribution is 0.0392. The molecule has 1 aliphatic heterocycles. The van der Waals surface area contributed by atoms with E-state index in [4.69, 9.17) is 0 Å². The molecule has 3 heteroatoms. The molecular formula is C15H32N2O. The molecule has 0 amide bonds. The largest absolute Gasteiger partial charge is 0.393 e. The number of nitrogens with zero attached hydrogens (tertiary/aromatic N) is 2. The van der Waals surface area contributed by atoms with Crippen molar-refractivity contribution in [2.24, 2.45) is 5.41 Å². The summed E-state index contributed by atoms with van der Waals surface area (Å²) in [6.45, 7) is 13.2. The van der Waals surface area contributed by atoms with Crippen LogP contribution >= 0.6 is 0 Å². The van der Waals surface area contributed by atoms with E-state index in [1.807, 2.05) is 0 Å². The van der Waals surface area contributed by atoms with Gasteiger partial charge in [0.25, 0.3) is 0 Å². The first kappa shape index (κ1) is 15.9. The molecule has 0 aliphatic carbocycles. The van der Waals surface area contributed by atoms with Crippen LogP contribution in [0.25, 0.3) is 0 Å². The minimum atomic E-state index is -0.198.